The van der Waals surface area contributed by atoms with Gasteiger partial charge >= 0.3 is 0 Å². The highest BCUT2D eigenvalue weighted by Crippen LogP contribution is 2.39. The third-order valence-corrected chi connectivity index (χ3v) is 7.03. The molecule has 3 aromatic heterocycles. The first kappa shape index (κ1) is 24.7. The molecule has 0 saturated heterocycles. The molecule has 0 spiro atoms. The molecule has 1 saturated carbocycles. The van der Waals surface area contributed by atoms with Crippen LogP contribution in [0.1, 0.15) is 34.9 Å². The normalized spacial score (nSPS) is 13.8. The summed E-state index contributed by atoms with van der Waals surface area (Å²) in [5, 5.41) is 18.8. The average molecular weight is 547 g/mol. The number of ether oxygens (including phenoxy) is 1. The molecule has 0 bridgehead atoms. The van der Waals surface area contributed by atoms with E-state index in [1.165, 1.54) is 13.2 Å². The predicted molar refractivity (Wildman–Crippen MR) is 141 cm³/mol. The van der Waals surface area contributed by atoms with Crippen molar-refractivity contribution in [3.05, 3.63) is 76.8 Å². The molecule has 2 amide bonds. The van der Waals surface area contributed by atoms with Gasteiger partial charge in [0.25, 0.3) is 17.7 Å². The number of hydrogen-bond acceptors (Lipinski definition) is 8. The van der Waals surface area contributed by atoms with E-state index in [1.807, 2.05) is 53.1 Å². The Morgan fingerprint density at radius 3 is 2.56 bits per heavy atom. The number of methoxy groups -OCH3 is 1. The van der Waals surface area contributed by atoms with E-state index in [-0.39, 0.29) is 24.1 Å². The van der Waals surface area contributed by atoms with Gasteiger partial charge in [0.05, 0.1) is 23.7 Å². The highest BCUT2D eigenvalue weighted by atomic mass is 35.5. The fourth-order valence-electron chi connectivity index (χ4n) is 4.44. The summed E-state index contributed by atoms with van der Waals surface area (Å²) in [6, 6.07) is 16.8. The van der Waals surface area contributed by atoms with Gasteiger partial charge < -0.3 is 28.9 Å². The Kier molecular flexibility index (Phi) is 6.07. The molecule has 1 aliphatic carbocycles. The van der Waals surface area contributed by atoms with Crippen molar-refractivity contribution >= 4 is 34.3 Å². The number of aryl methyl sites for hydroxylation is 1. The highest BCUT2D eigenvalue weighted by Gasteiger charge is 2.51. The lowest BCUT2D eigenvalue weighted by atomic mass is 10.1. The summed E-state index contributed by atoms with van der Waals surface area (Å²) in [6.45, 7) is 2.01. The van der Waals surface area contributed by atoms with Crippen LogP contribution in [0.5, 0.6) is 5.88 Å². The maximum absolute atomic E-state index is 12.9. The van der Waals surface area contributed by atoms with Crippen molar-refractivity contribution in [2.45, 2.75) is 31.8 Å². The van der Waals surface area contributed by atoms with Crippen LogP contribution in [-0.4, -0.2) is 44.4 Å². The van der Waals surface area contributed by atoms with Crippen molar-refractivity contribution < 1.29 is 23.3 Å². The molecular formula is C27H23ClN6O5. The lowest BCUT2D eigenvalue weighted by Crippen LogP contribution is -2.48. The maximum atomic E-state index is 12.9. The number of fused-ring (bicyclic) bond motifs is 1. The number of nitrogens with one attached hydrogen (secondary N) is 2. The van der Waals surface area contributed by atoms with Crippen LogP contribution in [0.3, 0.4) is 0 Å². The third kappa shape index (κ3) is 4.50. The number of aromatic nitrogens is 4. The standard InChI is InChI=1S/C27H23ClN6O5/c1-15-31-32-25(38-15)23-22(28)18-5-3-4-6-19(18)34(23)17-9-7-16(8-10-17)14-29-26(36)27(11-12-27)30-24(35)20-13-21(37-2)33-39-20/h3-10,13H,11-12,14H2,1-2H3,(H,29,36)(H,30,35). The number of amides is 2. The van der Waals surface area contributed by atoms with Crippen LogP contribution in [0.15, 0.2) is 63.5 Å². The summed E-state index contributed by atoms with van der Waals surface area (Å²) < 4.78 is 17.6. The Bertz CT molecular complexity index is 1700. The van der Waals surface area contributed by atoms with Crippen molar-refractivity contribution in [3.8, 4) is 23.2 Å². The van der Waals surface area contributed by atoms with Crippen molar-refractivity contribution in [2.75, 3.05) is 7.11 Å². The van der Waals surface area contributed by atoms with Gasteiger partial charge in [-0.05, 0) is 41.8 Å². The Balaban J connectivity index is 1.19. The van der Waals surface area contributed by atoms with Crippen LogP contribution in [0.4, 0.5) is 0 Å². The van der Waals surface area contributed by atoms with Crippen LogP contribution >= 0.6 is 11.6 Å². The maximum Gasteiger partial charge on any atom is 0.290 e. The molecule has 3 heterocycles. The minimum absolute atomic E-state index is 0.0192. The number of carbonyl (C=O) groups excluding carboxylic acids is 2. The van der Waals surface area contributed by atoms with Gasteiger partial charge in [0.2, 0.25) is 17.6 Å². The van der Waals surface area contributed by atoms with E-state index in [9.17, 15) is 9.59 Å². The average Bonchev–Trinajstić information content (AvgIpc) is 3.26. The largest absolute Gasteiger partial charge is 0.479 e. The van der Waals surface area contributed by atoms with E-state index in [4.69, 9.17) is 25.3 Å². The number of hydrogen-bond donors (Lipinski definition) is 2. The third-order valence-electron chi connectivity index (χ3n) is 6.65. The number of carbonyl (C=O) groups is 2. The van der Waals surface area contributed by atoms with Gasteiger partial charge in [-0.15, -0.1) is 10.2 Å². The molecule has 12 heteroatoms. The first-order valence-corrected chi connectivity index (χ1v) is 12.6. The molecule has 2 aromatic carbocycles. The van der Waals surface area contributed by atoms with Gasteiger partial charge in [-0.2, -0.15) is 0 Å². The second-order valence-corrected chi connectivity index (χ2v) is 9.64. The minimum atomic E-state index is -0.963. The first-order valence-electron chi connectivity index (χ1n) is 12.2. The summed E-state index contributed by atoms with van der Waals surface area (Å²) in [4.78, 5) is 25.4. The van der Waals surface area contributed by atoms with E-state index in [0.717, 1.165) is 22.2 Å². The van der Waals surface area contributed by atoms with Crippen LogP contribution in [0.2, 0.25) is 5.02 Å². The van der Waals surface area contributed by atoms with Crippen molar-refractivity contribution in [3.63, 3.8) is 0 Å². The van der Waals surface area contributed by atoms with Gasteiger partial charge in [-0.1, -0.05) is 41.9 Å². The van der Waals surface area contributed by atoms with Gasteiger partial charge in [-0.25, -0.2) is 0 Å². The molecule has 1 fully saturated rings. The summed E-state index contributed by atoms with van der Waals surface area (Å²) in [7, 11) is 1.42. The zero-order chi connectivity index (χ0) is 27.1. The SMILES string of the molecule is COc1cc(C(=O)NC2(C(=O)NCc3ccc(-n4c(-c5nnc(C)o5)c(Cl)c5ccccc54)cc3)CC2)on1. The van der Waals surface area contributed by atoms with Crippen LogP contribution < -0.4 is 15.4 Å². The molecule has 0 atom stereocenters. The monoisotopic (exact) mass is 546 g/mol. The summed E-state index contributed by atoms with van der Waals surface area (Å²) in [5.41, 5.74) is 2.26. The van der Waals surface area contributed by atoms with E-state index >= 15 is 0 Å². The summed E-state index contributed by atoms with van der Waals surface area (Å²) in [5.74, 6) is 0.151. The Morgan fingerprint density at radius 2 is 1.90 bits per heavy atom. The smallest absolute Gasteiger partial charge is 0.290 e. The molecule has 5 aromatic rings. The zero-order valence-corrected chi connectivity index (χ0v) is 21.8. The lowest BCUT2D eigenvalue weighted by molar-refractivity contribution is -0.124. The second-order valence-electron chi connectivity index (χ2n) is 9.26. The van der Waals surface area contributed by atoms with Gasteiger partial charge in [-0.3, -0.25) is 9.59 Å². The van der Waals surface area contributed by atoms with Crippen molar-refractivity contribution in [1.29, 1.82) is 0 Å². The van der Waals surface area contributed by atoms with Crippen LogP contribution in [0.25, 0.3) is 28.2 Å². The molecule has 1 aliphatic rings. The Hall–Kier alpha value is -4.64. The van der Waals surface area contributed by atoms with E-state index in [0.29, 0.717) is 35.3 Å². The molecule has 0 radical (unpaired) electrons. The van der Waals surface area contributed by atoms with Gasteiger partial charge in [0.1, 0.15) is 11.2 Å². The van der Waals surface area contributed by atoms with Gasteiger partial charge in [0, 0.05) is 24.5 Å². The topological polar surface area (TPSA) is 137 Å². The number of para-hydroxylation sites is 1. The number of benzene rings is 2. The fraction of sp³-hybridized carbons (Fsp3) is 0.222. The number of nitrogens with zero attached hydrogens (tertiary/aromatic N) is 4. The zero-order valence-electron chi connectivity index (χ0n) is 21.0. The first-order chi connectivity index (χ1) is 18.9. The Morgan fingerprint density at radius 1 is 1.13 bits per heavy atom. The van der Waals surface area contributed by atoms with Crippen molar-refractivity contribution in [2.24, 2.45) is 0 Å². The molecular weight excluding hydrogens is 524 g/mol. The van der Waals surface area contributed by atoms with Crippen molar-refractivity contribution in [1.82, 2.24) is 30.6 Å². The molecule has 0 aliphatic heterocycles. The number of halogens is 1. The van der Waals surface area contributed by atoms with E-state index < -0.39 is 11.4 Å². The quantitative estimate of drug-likeness (QED) is 0.295. The molecule has 39 heavy (non-hydrogen) atoms. The molecule has 6 rings (SSSR count). The molecule has 2 N–H and O–H groups in total. The van der Waals surface area contributed by atoms with Crippen LogP contribution in [-0.2, 0) is 11.3 Å². The molecule has 11 nitrogen and oxygen atoms in total. The highest BCUT2D eigenvalue weighted by molar-refractivity contribution is 6.38. The van der Waals surface area contributed by atoms with E-state index in [2.05, 4.69) is 26.0 Å². The molecule has 0 unspecified atom stereocenters. The summed E-state index contributed by atoms with van der Waals surface area (Å²) >= 11 is 6.76. The molecule has 198 valence electrons. The fourth-order valence-corrected chi connectivity index (χ4v) is 4.76. The van der Waals surface area contributed by atoms with Gasteiger partial charge in [0.15, 0.2) is 0 Å². The lowest BCUT2D eigenvalue weighted by Gasteiger charge is -2.16. The minimum Gasteiger partial charge on any atom is -0.479 e. The number of rotatable bonds is 8. The van der Waals surface area contributed by atoms with Crippen LogP contribution in [0, 0.1) is 6.92 Å². The summed E-state index contributed by atoms with van der Waals surface area (Å²) in [6.07, 6.45) is 1.07. The van der Waals surface area contributed by atoms with E-state index in [1.54, 1.807) is 6.92 Å². The predicted octanol–water partition coefficient (Wildman–Crippen LogP) is 4.22. The second kappa shape index (κ2) is 9.59. The Labute approximate surface area is 227 Å².